The third-order valence-corrected chi connectivity index (χ3v) is 15.3. The molecule has 0 heterocycles. The first-order valence-electron chi connectivity index (χ1n) is 13.6. The minimum Gasteiger partial charge on any atom is -0.394 e. The molecule has 0 spiro atoms. The Kier molecular flexibility index (Phi) is 21.0. The van der Waals surface area contributed by atoms with Crippen LogP contribution in [0.4, 0.5) is 0 Å². The molecule has 0 rings (SSSR count). The van der Waals surface area contributed by atoms with E-state index in [1.807, 2.05) is 0 Å². The summed E-state index contributed by atoms with van der Waals surface area (Å²) in [5.41, 5.74) is 0.945. The van der Waals surface area contributed by atoms with Crippen molar-refractivity contribution in [3.05, 3.63) is 0 Å². The van der Waals surface area contributed by atoms with Gasteiger partial charge in [-0.1, -0.05) is 92.9 Å². The third-order valence-electron chi connectivity index (χ3n) is 5.81. The average Bonchev–Trinajstić information content (AvgIpc) is 2.77. The van der Waals surface area contributed by atoms with Gasteiger partial charge in [0.15, 0.2) is 0 Å². The molecule has 6 heteroatoms. The van der Waals surface area contributed by atoms with Crippen LogP contribution in [0.5, 0.6) is 0 Å². The number of hydrogen-bond acceptors (Lipinski definition) is 4. The maximum atomic E-state index is 6.76. The van der Waals surface area contributed by atoms with Gasteiger partial charge in [-0.15, -0.1) is 0 Å². The SMILES string of the molecule is CCCCO[Si](CCCC)(C[Si](CCCC)(OCCCC)OCCCC)OCCCC. The summed E-state index contributed by atoms with van der Waals surface area (Å²) in [5.74, 6) is 0. The highest BCUT2D eigenvalue weighted by molar-refractivity contribution is 6.86. The van der Waals surface area contributed by atoms with E-state index in [4.69, 9.17) is 17.7 Å². The Morgan fingerprint density at radius 1 is 0.387 bits per heavy atom. The standard InChI is InChI=1S/C25H56O4Si2/c1-7-13-19-26-30(23-17-11-5,27-20-14-8-2)25-31(24-18-12-6,28-21-15-9-3)29-22-16-10-4/h7-25H2,1-6H3. The molecule has 0 aromatic rings. The molecular weight excluding hydrogens is 420 g/mol. The van der Waals surface area contributed by atoms with E-state index in [9.17, 15) is 0 Å². The Morgan fingerprint density at radius 2 is 0.645 bits per heavy atom. The van der Waals surface area contributed by atoms with Crippen LogP contribution in [-0.2, 0) is 17.7 Å². The van der Waals surface area contributed by atoms with Gasteiger partial charge >= 0.3 is 17.1 Å². The normalized spacial score (nSPS) is 12.6. The zero-order valence-electron chi connectivity index (χ0n) is 22.1. The molecule has 0 saturated carbocycles. The predicted molar refractivity (Wildman–Crippen MR) is 139 cm³/mol. The lowest BCUT2D eigenvalue weighted by atomic mass is 10.4. The lowest BCUT2D eigenvalue weighted by molar-refractivity contribution is 0.142. The lowest BCUT2D eigenvalue weighted by Crippen LogP contribution is -2.55. The molecule has 188 valence electrons. The molecule has 0 aromatic heterocycles. The van der Waals surface area contributed by atoms with Crippen LogP contribution in [-0.4, -0.2) is 43.5 Å². The Bertz CT molecular complexity index is 329. The molecule has 31 heavy (non-hydrogen) atoms. The minimum atomic E-state index is -2.39. The first kappa shape index (κ1) is 31.3. The fourth-order valence-corrected chi connectivity index (χ4v) is 14.6. The zero-order chi connectivity index (χ0) is 23.3. The second kappa shape index (κ2) is 20.9. The molecular formula is C25H56O4Si2. The fourth-order valence-electron chi connectivity index (χ4n) is 3.67. The van der Waals surface area contributed by atoms with Crippen molar-refractivity contribution in [1.29, 1.82) is 0 Å². The van der Waals surface area contributed by atoms with Gasteiger partial charge in [-0.3, -0.25) is 0 Å². The first-order chi connectivity index (χ1) is 15.1. The largest absolute Gasteiger partial charge is 0.394 e. The average molecular weight is 477 g/mol. The topological polar surface area (TPSA) is 36.9 Å². The maximum Gasteiger partial charge on any atom is 0.340 e. The molecule has 0 aliphatic carbocycles. The second-order valence-electron chi connectivity index (χ2n) is 9.01. The molecule has 0 aliphatic heterocycles. The van der Waals surface area contributed by atoms with Crippen LogP contribution >= 0.6 is 0 Å². The van der Waals surface area contributed by atoms with Gasteiger partial charge in [0.25, 0.3) is 0 Å². The van der Waals surface area contributed by atoms with Gasteiger partial charge in [-0.2, -0.15) is 0 Å². The smallest absolute Gasteiger partial charge is 0.340 e. The Morgan fingerprint density at radius 3 is 0.871 bits per heavy atom. The van der Waals surface area contributed by atoms with Crippen LogP contribution in [0.15, 0.2) is 0 Å². The van der Waals surface area contributed by atoms with Crippen LogP contribution in [0.1, 0.15) is 119 Å². The Balaban J connectivity index is 5.81. The van der Waals surface area contributed by atoms with Gasteiger partial charge in [0, 0.05) is 32.1 Å². The summed E-state index contributed by atoms with van der Waals surface area (Å²) in [4.78, 5) is 0. The highest BCUT2D eigenvalue weighted by Crippen LogP contribution is 2.34. The summed E-state index contributed by atoms with van der Waals surface area (Å²) in [6.45, 7) is 16.8. The van der Waals surface area contributed by atoms with E-state index in [-0.39, 0.29) is 0 Å². The van der Waals surface area contributed by atoms with E-state index in [1.54, 1.807) is 0 Å². The predicted octanol–water partition coefficient (Wildman–Crippen LogP) is 8.28. The molecule has 0 fully saturated rings. The summed E-state index contributed by atoms with van der Waals surface area (Å²) >= 11 is 0. The number of rotatable bonds is 24. The molecule has 0 N–H and O–H groups in total. The summed E-state index contributed by atoms with van der Waals surface area (Å²) in [5, 5.41) is 0. The molecule has 0 saturated heterocycles. The van der Waals surface area contributed by atoms with Crippen LogP contribution < -0.4 is 0 Å². The summed E-state index contributed by atoms with van der Waals surface area (Å²) in [6.07, 6.45) is 13.8. The van der Waals surface area contributed by atoms with E-state index in [1.165, 1.54) is 25.7 Å². The molecule has 0 aliphatic rings. The van der Waals surface area contributed by atoms with Gasteiger partial charge in [0.2, 0.25) is 0 Å². The van der Waals surface area contributed by atoms with Crippen molar-refractivity contribution in [1.82, 2.24) is 0 Å². The van der Waals surface area contributed by atoms with Crippen LogP contribution in [0.25, 0.3) is 0 Å². The monoisotopic (exact) mass is 476 g/mol. The summed E-state index contributed by atoms with van der Waals surface area (Å²) in [7, 11) is -4.77. The van der Waals surface area contributed by atoms with Crippen molar-refractivity contribution in [3.63, 3.8) is 0 Å². The Hall–Kier alpha value is 0.274. The van der Waals surface area contributed by atoms with Gasteiger partial charge in [0.05, 0.1) is 0 Å². The number of unbranched alkanes of at least 4 members (excludes halogenated alkanes) is 6. The first-order valence-corrected chi connectivity index (χ1v) is 18.1. The van der Waals surface area contributed by atoms with Crippen molar-refractivity contribution in [2.75, 3.05) is 26.4 Å². The van der Waals surface area contributed by atoms with E-state index < -0.39 is 17.1 Å². The van der Waals surface area contributed by atoms with Crippen LogP contribution in [0, 0.1) is 0 Å². The van der Waals surface area contributed by atoms with Gasteiger partial charge in [0.1, 0.15) is 0 Å². The molecule has 0 amide bonds. The number of hydrogen-bond donors (Lipinski definition) is 0. The van der Waals surface area contributed by atoms with E-state index in [2.05, 4.69) is 41.5 Å². The van der Waals surface area contributed by atoms with Gasteiger partial charge in [-0.05, 0) is 37.8 Å². The van der Waals surface area contributed by atoms with Crippen molar-refractivity contribution in [2.24, 2.45) is 0 Å². The zero-order valence-corrected chi connectivity index (χ0v) is 24.1. The molecule has 0 unspecified atom stereocenters. The second-order valence-corrected chi connectivity index (χ2v) is 16.2. The summed E-state index contributed by atoms with van der Waals surface area (Å²) < 4.78 is 27.0. The molecule has 0 radical (unpaired) electrons. The van der Waals surface area contributed by atoms with Crippen LogP contribution in [0.3, 0.4) is 0 Å². The Labute approximate surface area is 197 Å². The molecule has 0 bridgehead atoms. The highest BCUT2D eigenvalue weighted by Gasteiger charge is 2.50. The van der Waals surface area contributed by atoms with Crippen LogP contribution in [0.2, 0.25) is 17.8 Å². The van der Waals surface area contributed by atoms with E-state index in [0.717, 1.165) is 95.5 Å². The highest BCUT2D eigenvalue weighted by atomic mass is 28.4. The lowest BCUT2D eigenvalue weighted by Gasteiger charge is -2.39. The van der Waals surface area contributed by atoms with E-state index in [0.29, 0.717) is 0 Å². The van der Waals surface area contributed by atoms with Crippen molar-refractivity contribution in [2.45, 2.75) is 136 Å². The molecule has 0 aromatic carbocycles. The minimum absolute atomic E-state index is 0.820. The van der Waals surface area contributed by atoms with Gasteiger partial charge < -0.3 is 17.7 Å². The van der Waals surface area contributed by atoms with Crippen molar-refractivity contribution >= 4 is 17.1 Å². The quantitative estimate of drug-likeness (QED) is 0.104. The van der Waals surface area contributed by atoms with E-state index >= 15 is 0 Å². The fraction of sp³-hybridized carbons (Fsp3) is 1.00. The van der Waals surface area contributed by atoms with Gasteiger partial charge in [-0.25, -0.2) is 0 Å². The summed E-state index contributed by atoms with van der Waals surface area (Å²) in [6, 6.07) is 2.15. The van der Waals surface area contributed by atoms with Crippen molar-refractivity contribution in [3.8, 4) is 0 Å². The maximum absolute atomic E-state index is 6.76. The third kappa shape index (κ3) is 14.9. The molecule has 0 atom stereocenters. The van der Waals surface area contributed by atoms with Crippen molar-refractivity contribution < 1.29 is 17.7 Å². The molecule has 4 nitrogen and oxygen atoms in total.